The second-order valence-electron chi connectivity index (χ2n) is 10.2. The molecule has 7 nitrogen and oxygen atoms in total. The van der Waals surface area contributed by atoms with Crippen LogP contribution in [0.3, 0.4) is 0 Å². The normalized spacial score (nSPS) is 13.7. The lowest BCUT2D eigenvalue weighted by molar-refractivity contribution is -0.121. The van der Waals surface area contributed by atoms with E-state index in [-0.39, 0.29) is 24.8 Å². The Bertz CT molecular complexity index is 1860. The van der Waals surface area contributed by atoms with E-state index in [1.807, 2.05) is 66.7 Å². The lowest BCUT2D eigenvalue weighted by Crippen LogP contribution is -2.42. The molecule has 3 heterocycles. The Kier molecular flexibility index (Phi) is 7.01. The van der Waals surface area contributed by atoms with Gasteiger partial charge in [-0.25, -0.2) is 4.98 Å². The van der Waals surface area contributed by atoms with E-state index in [9.17, 15) is 9.59 Å². The number of anilines is 1. The Labute approximate surface area is 253 Å². The van der Waals surface area contributed by atoms with E-state index in [0.717, 1.165) is 27.9 Å². The van der Waals surface area contributed by atoms with Crippen LogP contribution in [0.2, 0.25) is 5.02 Å². The summed E-state index contributed by atoms with van der Waals surface area (Å²) >= 11 is 6.00. The van der Waals surface area contributed by atoms with Gasteiger partial charge in [0.25, 0.3) is 5.91 Å². The zero-order valence-electron chi connectivity index (χ0n) is 23.0. The molecular weight excluding hydrogens is 564 g/mol. The second kappa shape index (κ2) is 11.3. The lowest BCUT2D eigenvalue weighted by Gasteiger charge is -2.29. The molecule has 7 rings (SSSR count). The van der Waals surface area contributed by atoms with Crippen LogP contribution in [0.15, 0.2) is 103 Å². The van der Waals surface area contributed by atoms with Crippen molar-refractivity contribution >= 4 is 29.0 Å². The average Bonchev–Trinajstić information content (AvgIpc) is 3.06. The van der Waals surface area contributed by atoms with Crippen molar-refractivity contribution in [2.75, 3.05) is 31.3 Å². The van der Waals surface area contributed by atoms with Crippen molar-refractivity contribution < 1.29 is 23.8 Å². The van der Waals surface area contributed by atoms with Gasteiger partial charge in [0.1, 0.15) is 19.0 Å². The summed E-state index contributed by atoms with van der Waals surface area (Å²) in [6, 6.07) is 32.2. The fraction of sp³-hybridized carbons (Fsp3) is 0.114. The molecular formula is C35H25ClN2O5. The van der Waals surface area contributed by atoms with Crippen LogP contribution in [0.1, 0.15) is 10.4 Å². The van der Waals surface area contributed by atoms with Gasteiger partial charge in [-0.15, -0.1) is 0 Å². The van der Waals surface area contributed by atoms with Gasteiger partial charge in [0.05, 0.1) is 23.6 Å². The van der Waals surface area contributed by atoms with Gasteiger partial charge in [0, 0.05) is 21.7 Å². The smallest absolute Gasteiger partial charge is 0.265 e. The maximum Gasteiger partial charge on any atom is 0.265 e. The first kappa shape index (κ1) is 26.7. The van der Waals surface area contributed by atoms with Crippen molar-refractivity contribution in [2.45, 2.75) is 0 Å². The van der Waals surface area contributed by atoms with E-state index in [1.54, 1.807) is 24.3 Å². The van der Waals surface area contributed by atoms with E-state index < -0.39 is 0 Å². The first-order valence-electron chi connectivity index (χ1n) is 13.9. The molecule has 1 aromatic heterocycles. The summed E-state index contributed by atoms with van der Waals surface area (Å²) < 4.78 is 17.3. The van der Waals surface area contributed by atoms with Crippen molar-refractivity contribution in [2.24, 2.45) is 0 Å². The number of rotatable bonds is 6. The van der Waals surface area contributed by atoms with Gasteiger partial charge in [-0.2, -0.15) is 0 Å². The Morgan fingerprint density at radius 1 is 0.698 bits per heavy atom. The van der Waals surface area contributed by atoms with E-state index in [0.29, 0.717) is 52.4 Å². The molecule has 8 heteroatoms. The second-order valence-corrected chi connectivity index (χ2v) is 10.7. The summed E-state index contributed by atoms with van der Waals surface area (Å²) in [5.41, 5.74) is 6.13. The number of hydrogen-bond acceptors (Lipinski definition) is 6. The predicted octanol–water partition coefficient (Wildman–Crippen LogP) is 7.12. The first-order chi connectivity index (χ1) is 21.0. The highest BCUT2D eigenvalue weighted by molar-refractivity contribution is 6.30. The molecule has 2 aliphatic rings. The van der Waals surface area contributed by atoms with Crippen LogP contribution >= 0.6 is 11.6 Å². The molecule has 0 fully saturated rings. The van der Waals surface area contributed by atoms with Gasteiger partial charge < -0.3 is 14.2 Å². The molecule has 0 spiro atoms. The van der Waals surface area contributed by atoms with E-state index in [4.69, 9.17) is 30.8 Å². The number of amides is 1. The Hall–Kier alpha value is -5.14. The molecule has 2 aliphatic heterocycles. The number of ketones is 1. The number of ether oxygens (including phenoxy) is 3. The SMILES string of the molecule is O=C(CN1C(=O)COc2ccc(-c3cc(-c4ccccc4)cc(-c4ccc5c(c4)OCCO5)n3)cc21)c1ccc(Cl)cc1. The quantitative estimate of drug-likeness (QED) is 0.197. The lowest BCUT2D eigenvalue weighted by atomic mass is 9.99. The van der Waals surface area contributed by atoms with Gasteiger partial charge in [0.2, 0.25) is 0 Å². The fourth-order valence-electron chi connectivity index (χ4n) is 5.23. The number of hydrogen-bond donors (Lipinski definition) is 0. The fourth-order valence-corrected chi connectivity index (χ4v) is 5.36. The van der Waals surface area contributed by atoms with E-state index >= 15 is 0 Å². The van der Waals surface area contributed by atoms with Crippen LogP contribution < -0.4 is 19.1 Å². The third kappa shape index (κ3) is 5.43. The molecule has 212 valence electrons. The van der Waals surface area contributed by atoms with Crippen LogP contribution in [-0.2, 0) is 4.79 Å². The van der Waals surface area contributed by atoms with Crippen molar-refractivity contribution in [3.8, 4) is 50.9 Å². The predicted molar refractivity (Wildman–Crippen MR) is 165 cm³/mol. The highest BCUT2D eigenvalue weighted by atomic mass is 35.5. The van der Waals surface area contributed by atoms with Gasteiger partial charge in [-0.05, 0) is 83.9 Å². The summed E-state index contributed by atoms with van der Waals surface area (Å²) in [5, 5.41) is 0.537. The number of fused-ring (bicyclic) bond motifs is 2. The van der Waals surface area contributed by atoms with Crippen LogP contribution in [0.5, 0.6) is 17.2 Å². The molecule has 0 saturated carbocycles. The highest BCUT2D eigenvalue weighted by Crippen LogP contribution is 2.39. The number of nitrogens with zero attached hydrogens (tertiary/aromatic N) is 2. The molecule has 0 bridgehead atoms. The summed E-state index contributed by atoms with van der Waals surface area (Å²) in [6.07, 6.45) is 0. The minimum absolute atomic E-state index is 0.125. The summed E-state index contributed by atoms with van der Waals surface area (Å²) in [7, 11) is 0. The van der Waals surface area contributed by atoms with Crippen LogP contribution in [0, 0.1) is 0 Å². The summed E-state index contributed by atoms with van der Waals surface area (Å²) in [4.78, 5) is 32.7. The van der Waals surface area contributed by atoms with Crippen LogP contribution in [-0.4, -0.2) is 43.0 Å². The monoisotopic (exact) mass is 588 g/mol. The zero-order valence-corrected chi connectivity index (χ0v) is 23.7. The molecule has 4 aromatic carbocycles. The van der Waals surface area contributed by atoms with Crippen molar-refractivity contribution in [3.05, 3.63) is 114 Å². The summed E-state index contributed by atoms with van der Waals surface area (Å²) in [5.74, 6) is 1.42. The van der Waals surface area contributed by atoms with Crippen molar-refractivity contribution in [1.82, 2.24) is 4.98 Å². The third-order valence-corrected chi connectivity index (χ3v) is 7.69. The van der Waals surface area contributed by atoms with Crippen molar-refractivity contribution in [3.63, 3.8) is 0 Å². The Morgan fingerprint density at radius 3 is 2.12 bits per heavy atom. The van der Waals surface area contributed by atoms with Gasteiger partial charge in [-0.1, -0.05) is 41.9 Å². The van der Waals surface area contributed by atoms with Crippen LogP contribution in [0.25, 0.3) is 33.6 Å². The molecule has 0 aliphatic carbocycles. The van der Waals surface area contributed by atoms with Gasteiger partial charge >= 0.3 is 0 Å². The summed E-state index contributed by atoms with van der Waals surface area (Å²) in [6.45, 7) is 0.744. The van der Waals surface area contributed by atoms with E-state index in [1.165, 1.54) is 4.90 Å². The molecule has 1 amide bonds. The number of aromatic nitrogens is 1. The first-order valence-corrected chi connectivity index (χ1v) is 14.2. The van der Waals surface area contributed by atoms with Crippen molar-refractivity contribution in [1.29, 1.82) is 0 Å². The number of carbonyl (C=O) groups excluding carboxylic acids is 2. The topological polar surface area (TPSA) is 78.0 Å². The highest BCUT2D eigenvalue weighted by Gasteiger charge is 2.28. The number of carbonyl (C=O) groups is 2. The molecule has 0 saturated heterocycles. The minimum atomic E-state index is -0.296. The molecule has 0 N–H and O–H groups in total. The number of halogens is 1. The van der Waals surface area contributed by atoms with Gasteiger partial charge in [0.15, 0.2) is 23.9 Å². The molecule has 0 unspecified atom stereocenters. The largest absolute Gasteiger partial charge is 0.486 e. The number of pyridine rings is 1. The Morgan fingerprint density at radius 2 is 1.37 bits per heavy atom. The minimum Gasteiger partial charge on any atom is -0.486 e. The molecule has 0 atom stereocenters. The number of Topliss-reactive ketones (excluding diaryl/α,β-unsaturated/α-hetero) is 1. The number of benzene rings is 4. The maximum atomic E-state index is 13.1. The van der Waals surface area contributed by atoms with Crippen LogP contribution in [0.4, 0.5) is 5.69 Å². The molecule has 5 aromatic rings. The third-order valence-electron chi connectivity index (χ3n) is 7.44. The van der Waals surface area contributed by atoms with Gasteiger partial charge in [-0.3, -0.25) is 14.5 Å². The molecule has 43 heavy (non-hydrogen) atoms. The maximum absolute atomic E-state index is 13.1. The standard InChI is InChI=1S/C35H25ClN2O5/c36-27-10-6-23(7-11-27)31(39)20-38-30-18-24(8-12-32(30)43-21-35(38)40)28-16-26(22-4-2-1-3-5-22)17-29(37-28)25-9-13-33-34(19-25)42-15-14-41-33/h1-13,16-19H,14-15,20-21H2. The Balaban J connectivity index is 1.30. The average molecular weight is 589 g/mol. The molecule has 0 radical (unpaired) electrons. The van der Waals surface area contributed by atoms with E-state index in [2.05, 4.69) is 12.1 Å². The zero-order chi connectivity index (χ0) is 29.3.